The van der Waals surface area contributed by atoms with E-state index in [1.165, 1.54) is 0 Å². The van der Waals surface area contributed by atoms with E-state index >= 15 is 0 Å². The second-order valence-corrected chi connectivity index (χ2v) is 7.04. The Labute approximate surface area is 148 Å². The molecule has 1 amide bonds. The summed E-state index contributed by atoms with van der Waals surface area (Å²) in [6.07, 6.45) is 0. The molecule has 22 heavy (non-hydrogen) atoms. The quantitative estimate of drug-likeness (QED) is 0.730. The predicted octanol–water partition coefficient (Wildman–Crippen LogP) is 4.34. The standard InChI is InChI=1S/C17H15IN2OS/c1-12-8-15(18)6-7-16(12)20-17(21)11-22-10-14-4-2-13(9-19)3-5-14/h2-8H,10-11H2,1H3,(H,20,21). The maximum atomic E-state index is 12.0. The summed E-state index contributed by atoms with van der Waals surface area (Å²) in [4.78, 5) is 12.0. The van der Waals surface area contributed by atoms with E-state index in [2.05, 4.69) is 34.0 Å². The molecule has 0 heterocycles. The Morgan fingerprint density at radius 2 is 2.00 bits per heavy atom. The molecule has 0 aliphatic heterocycles. The molecule has 0 aromatic heterocycles. The number of halogens is 1. The summed E-state index contributed by atoms with van der Waals surface area (Å²) in [6, 6.07) is 15.5. The van der Waals surface area contributed by atoms with Crippen molar-refractivity contribution in [3.05, 3.63) is 62.7 Å². The van der Waals surface area contributed by atoms with Gasteiger partial charge in [-0.2, -0.15) is 5.26 Å². The first-order valence-corrected chi connectivity index (χ1v) is 8.94. The van der Waals surface area contributed by atoms with Gasteiger partial charge in [-0.15, -0.1) is 11.8 Å². The van der Waals surface area contributed by atoms with Gasteiger partial charge in [-0.1, -0.05) is 12.1 Å². The van der Waals surface area contributed by atoms with Crippen LogP contribution in [0, 0.1) is 21.8 Å². The predicted molar refractivity (Wildman–Crippen MR) is 99.8 cm³/mol. The van der Waals surface area contributed by atoms with Crippen LogP contribution in [-0.2, 0) is 10.5 Å². The minimum atomic E-state index is 0.00273. The SMILES string of the molecule is Cc1cc(I)ccc1NC(=O)CSCc1ccc(C#N)cc1. The Bertz CT molecular complexity index is 708. The van der Waals surface area contributed by atoms with Crippen molar-refractivity contribution in [1.29, 1.82) is 5.26 Å². The minimum absolute atomic E-state index is 0.00273. The van der Waals surface area contributed by atoms with E-state index in [4.69, 9.17) is 5.26 Å². The molecule has 1 N–H and O–H groups in total. The van der Waals surface area contributed by atoms with E-state index in [0.717, 1.165) is 26.1 Å². The minimum Gasteiger partial charge on any atom is -0.325 e. The molecule has 0 saturated carbocycles. The average Bonchev–Trinajstić information content (AvgIpc) is 2.51. The number of carbonyl (C=O) groups excluding carboxylic acids is 1. The first-order chi connectivity index (χ1) is 10.6. The number of thioether (sulfide) groups is 1. The first-order valence-electron chi connectivity index (χ1n) is 6.71. The van der Waals surface area contributed by atoms with Crippen LogP contribution in [0.5, 0.6) is 0 Å². The van der Waals surface area contributed by atoms with Crippen molar-refractivity contribution < 1.29 is 4.79 Å². The van der Waals surface area contributed by atoms with Gasteiger partial charge in [0.05, 0.1) is 17.4 Å². The van der Waals surface area contributed by atoms with Gasteiger partial charge < -0.3 is 5.32 Å². The van der Waals surface area contributed by atoms with Crippen molar-refractivity contribution >= 4 is 45.9 Å². The van der Waals surface area contributed by atoms with Gasteiger partial charge in [0.1, 0.15) is 0 Å². The van der Waals surface area contributed by atoms with Crippen LogP contribution in [0.25, 0.3) is 0 Å². The second-order valence-electron chi connectivity index (χ2n) is 4.81. The van der Waals surface area contributed by atoms with Crippen LogP contribution in [0.3, 0.4) is 0 Å². The third-order valence-corrected chi connectivity index (χ3v) is 4.72. The van der Waals surface area contributed by atoms with Crippen molar-refractivity contribution in [1.82, 2.24) is 0 Å². The summed E-state index contributed by atoms with van der Waals surface area (Å²) in [5, 5.41) is 11.7. The van der Waals surface area contributed by atoms with Crippen LogP contribution in [0.4, 0.5) is 5.69 Å². The topological polar surface area (TPSA) is 52.9 Å². The van der Waals surface area contributed by atoms with Crippen LogP contribution < -0.4 is 5.32 Å². The van der Waals surface area contributed by atoms with E-state index in [1.54, 1.807) is 23.9 Å². The zero-order valence-electron chi connectivity index (χ0n) is 12.1. The molecule has 0 spiro atoms. The fourth-order valence-electron chi connectivity index (χ4n) is 1.89. The highest BCUT2D eigenvalue weighted by molar-refractivity contribution is 14.1. The van der Waals surface area contributed by atoms with E-state index in [-0.39, 0.29) is 5.91 Å². The molecule has 2 aromatic rings. The van der Waals surface area contributed by atoms with Crippen molar-refractivity contribution in [2.45, 2.75) is 12.7 Å². The average molecular weight is 422 g/mol. The molecule has 0 unspecified atom stereocenters. The highest BCUT2D eigenvalue weighted by atomic mass is 127. The van der Waals surface area contributed by atoms with Crippen LogP contribution >= 0.6 is 34.4 Å². The number of amides is 1. The molecule has 5 heteroatoms. The van der Waals surface area contributed by atoms with Crippen LogP contribution in [0.1, 0.15) is 16.7 Å². The Hall–Kier alpha value is -1.52. The third kappa shape index (κ3) is 5.04. The zero-order valence-corrected chi connectivity index (χ0v) is 15.1. The number of aryl methyl sites for hydroxylation is 1. The maximum Gasteiger partial charge on any atom is 0.234 e. The number of nitrogens with zero attached hydrogens (tertiary/aromatic N) is 1. The first kappa shape index (κ1) is 16.8. The summed E-state index contributed by atoms with van der Waals surface area (Å²) in [5.41, 5.74) is 3.70. The van der Waals surface area contributed by atoms with E-state index < -0.39 is 0 Å². The normalized spacial score (nSPS) is 10.0. The number of nitriles is 1. The van der Waals surface area contributed by atoms with Crippen molar-refractivity contribution in [3.8, 4) is 6.07 Å². The molecule has 2 aromatic carbocycles. The largest absolute Gasteiger partial charge is 0.325 e. The number of nitrogens with one attached hydrogen (secondary N) is 1. The summed E-state index contributed by atoms with van der Waals surface area (Å²) in [7, 11) is 0. The van der Waals surface area contributed by atoms with Gasteiger partial charge in [0.2, 0.25) is 5.91 Å². The molecule has 0 radical (unpaired) electrons. The van der Waals surface area contributed by atoms with Gasteiger partial charge in [-0.05, 0) is 71.0 Å². The van der Waals surface area contributed by atoms with E-state index in [0.29, 0.717) is 11.3 Å². The molecule has 0 fully saturated rings. The van der Waals surface area contributed by atoms with Gasteiger partial charge in [0.15, 0.2) is 0 Å². The third-order valence-electron chi connectivity index (χ3n) is 3.05. The van der Waals surface area contributed by atoms with Crippen molar-refractivity contribution in [2.24, 2.45) is 0 Å². The molecular weight excluding hydrogens is 407 g/mol. The fourth-order valence-corrected chi connectivity index (χ4v) is 3.33. The van der Waals surface area contributed by atoms with Crippen LogP contribution in [0.15, 0.2) is 42.5 Å². The lowest BCUT2D eigenvalue weighted by atomic mass is 10.2. The summed E-state index contributed by atoms with van der Waals surface area (Å²) in [5.74, 6) is 1.17. The summed E-state index contributed by atoms with van der Waals surface area (Å²) < 4.78 is 1.16. The number of carbonyl (C=O) groups is 1. The summed E-state index contributed by atoms with van der Waals surface area (Å²) in [6.45, 7) is 1.99. The van der Waals surface area contributed by atoms with Crippen LogP contribution in [0.2, 0.25) is 0 Å². The molecular formula is C17H15IN2OS. The van der Waals surface area contributed by atoms with Crippen LogP contribution in [-0.4, -0.2) is 11.7 Å². The number of benzene rings is 2. The molecule has 0 aliphatic carbocycles. The van der Waals surface area contributed by atoms with Crippen molar-refractivity contribution in [2.75, 3.05) is 11.1 Å². The van der Waals surface area contributed by atoms with E-state index in [9.17, 15) is 4.79 Å². The van der Waals surface area contributed by atoms with Gasteiger partial charge in [0.25, 0.3) is 0 Å². The lowest BCUT2D eigenvalue weighted by Crippen LogP contribution is -2.15. The Morgan fingerprint density at radius 1 is 1.27 bits per heavy atom. The number of anilines is 1. The smallest absolute Gasteiger partial charge is 0.234 e. The molecule has 0 atom stereocenters. The molecule has 3 nitrogen and oxygen atoms in total. The number of rotatable bonds is 5. The van der Waals surface area contributed by atoms with Gasteiger partial charge in [-0.25, -0.2) is 0 Å². The fraction of sp³-hybridized carbons (Fsp3) is 0.176. The Morgan fingerprint density at radius 3 is 2.64 bits per heavy atom. The Balaban J connectivity index is 1.81. The Kier molecular flexibility index (Phi) is 6.28. The zero-order chi connectivity index (χ0) is 15.9. The lowest BCUT2D eigenvalue weighted by Gasteiger charge is -2.08. The van der Waals surface area contributed by atoms with Gasteiger partial charge >= 0.3 is 0 Å². The van der Waals surface area contributed by atoms with Crippen molar-refractivity contribution in [3.63, 3.8) is 0 Å². The summed E-state index contributed by atoms with van der Waals surface area (Å²) >= 11 is 3.81. The highest BCUT2D eigenvalue weighted by Crippen LogP contribution is 2.19. The molecule has 0 saturated heterocycles. The van der Waals surface area contributed by atoms with Gasteiger partial charge in [0, 0.05) is 15.0 Å². The molecule has 112 valence electrons. The maximum absolute atomic E-state index is 12.0. The number of hydrogen-bond acceptors (Lipinski definition) is 3. The van der Waals surface area contributed by atoms with E-state index in [1.807, 2.05) is 37.3 Å². The number of hydrogen-bond donors (Lipinski definition) is 1. The monoisotopic (exact) mass is 422 g/mol. The molecule has 0 aliphatic rings. The molecule has 2 rings (SSSR count). The second kappa shape index (κ2) is 8.20. The van der Waals surface area contributed by atoms with Gasteiger partial charge in [-0.3, -0.25) is 4.79 Å². The molecule has 0 bridgehead atoms. The highest BCUT2D eigenvalue weighted by Gasteiger charge is 2.05. The lowest BCUT2D eigenvalue weighted by molar-refractivity contribution is -0.113.